The summed E-state index contributed by atoms with van der Waals surface area (Å²) in [6.45, 7) is 21.0. The van der Waals surface area contributed by atoms with Crippen LogP contribution in [0, 0.1) is 19.8 Å². The standard InChI is InChI=1S/C30H48N8/c1-22(21-33-23(2)28(20-32)19-27-11-7-6-8-12-27)34-30(13-9-10-16-31)24(3)37-17-14-29(15-18-37)38-25(4)35-36-26(38)5/h6-8,11-12,28-30,33-34H,1-3,9-10,13-21,31-32H2,4-5H3. The molecule has 2 aromatic rings. The van der Waals surface area contributed by atoms with Gasteiger partial charge in [-0.2, -0.15) is 0 Å². The third kappa shape index (κ3) is 8.20. The summed E-state index contributed by atoms with van der Waals surface area (Å²) in [4.78, 5) is 2.43. The van der Waals surface area contributed by atoms with Crippen molar-refractivity contribution in [1.29, 1.82) is 0 Å². The summed E-state index contributed by atoms with van der Waals surface area (Å²) < 4.78 is 2.28. The van der Waals surface area contributed by atoms with E-state index in [4.69, 9.17) is 11.5 Å². The molecule has 1 saturated heterocycles. The van der Waals surface area contributed by atoms with E-state index in [1.807, 2.05) is 19.9 Å². The van der Waals surface area contributed by atoms with Crippen LogP contribution in [0.4, 0.5) is 0 Å². The van der Waals surface area contributed by atoms with Crippen molar-refractivity contribution in [1.82, 2.24) is 30.3 Å². The molecule has 0 bridgehead atoms. The number of nitrogens with zero attached hydrogens (tertiary/aromatic N) is 4. The minimum absolute atomic E-state index is 0.119. The number of aromatic nitrogens is 3. The van der Waals surface area contributed by atoms with Crippen molar-refractivity contribution in [3.8, 4) is 0 Å². The van der Waals surface area contributed by atoms with Crippen molar-refractivity contribution in [2.75, 3.05) is 32.7 Å². The second kappa shape index (κ2) is 14.7. The monoisotopic (exact) mass is 520 g/mol. The van der Waals surface area contributed by atoms with Crippen molar-refractivity contribution in [2.45, 2.75) is 64.5 Å². The van der Waals surface area contributed by atoms with Crippen LogP contribution in [0.15, 0.2) is 67.2 Å². The topological polar surface area (TPSA) is 110 Å². The fourth-order valence-electron chi connectivity index (χ4n) is 5.36. The molecular weight excluding hydrogens is 472 g/mol. The zero-order valence-corrected chi connectivity index (χ0v) is 23.5. The summed E-state index contributed by atoms with van der Waals surface area (Å²) in [6.07, 6.45) is 5.99. The van der Waals surface area contributed by atoms with Gasteiger partial charge in [0, 0.05) is 48.7 Å². The highest BCUT2D eigenvalue weighted by Crippen LogP contribution is 2.28. The number of piperidine rings is 1. The van der Waals surface area contributed by atoms with E-state index in [2.05, 4.69) is 74.3 Å². The van der Waals surface area contributed by atoms with Crippen LogP contribution in [0.3, 0.4) is 0 Å². The minimum atomic E-state index is 0.119. The SMILES string of the molecule is C=C(CNC(=C)C(CN)Cc1ccccc1)NC(CCCCN)C(=C)N1CCC(n2c(C)nnc2C)CC1. The smallest absolute Gasteiger partial charge is 0.130 e. The molecule has 0 aliphatic carbocycles. The number of likely N-dealkylation sites (tertiary alicyclic amines) is 1. The van der Waals surface area contributed by atoms with Crippen LogP contribution < -0.4 is 22.1 Å². The average molecular weight is 521 g/mol. The summed E-state index contributed by atoms with van der Waals surface area (Å²) in [5, 5.41) is 15.6. The van der Waals surface area contributed by atoms with Gasteiger partial charge in [-0.1, -0.05) is 50.1 Å². The maximum Gasteiger partial charge on any atom is 0.130 e. The van der Waals surface area contributed by atoms with Crippen LogP contribution >= 0.6 is 0 Å². The van der Waals surface area contributed by atoms with Crippen LogP contribution in [-0.4, -0.2) is 58.4 Å². The molecule has 0 radical (unpaired) electrons. The van der Waals surface area contributed by atoms with E-state index >= 15 is 0 Å². The van der Waals surface area contributed by atoms with Gasteiger partial charge in [-0.3, -0.25) is 0 Å². The molecule has 1 aromatic carbocycles. The molecule has 8 nitrogen and oxygen atoms in total. The number of hydrogen-bond acceptors (Lipinski definition) is 7. The molecule has 8 heteroatoms. The molecule has 1 aromatic heterocycles. The maximum atomic E-state index is 6.08. The second-order valence-electron chi connectivity index (χ2n) is 10.5. The Balaban J connectivity index is 1.53. The first-order valence-electron chi connectivity index (χ1n) is 14.0. The van der Waals surface area contributed by atoms with E-state index in [9.17, 15) is 0 Å². The Hall–Kier alpha value is -3.10. The molecule has 2 atom stereocenters. The van der Waals surface area contributed by atoms with Gasteiger partial charge in [0.25, 0.3) is 0 Å². The zero-order valence-electron chi connectivity index (χ0n) is 23.5. The number of benzene rings is 1. The lowest BCUT2D eigenvalue weighted by atomic mass is 9.96. The molecule has 3 rings (SSSR count). The number of nitrogens with one attached hydrogen (secondary N) is 2. The number of unbranched alkanes of at least 4 members (excludes halogenated alkanes) is 1. The molecule has 2 unspecified atom stereocenters. The van der Waals surface area contributed by atoms with Crippen LogP contribution in [0.1, 0.15) is 55.4 Å². The molecular formula is C30H48N8. The lowest BCUT2D eigenvalue weighted by Crippen LogP contribution is -2.43. The molecule has 0 spiro atoms. The molecule has 0 saturated carbocycles. The van der Waals surface area contributed by atoms with Crippen LogP contribution in [0.2, 0.25) is 0 Å². The second-order valence-corrected chi connectivity index (χ2v) is 10.5. The summed E-state index contributed by atoms with van der Waals surface area (Å²) in [5.41, 5.74) is 16.1. The van der Waals surface area contributed by atoms with Gasteiger partial charge in [-0.05, 0) is 64.5 Å². The lowest BCUT2D eigenvalue weighted by Gasteiger charge is -2.39. The molecule has 208 valence electrons. The molecule has 2 heterocycles. The molecule has 1 fully saturated rings. The Bertz CT molecular complexity index is 1020. The van der Waals surface area contributed by atoms with Crippen molar-refractivity contribution in [3.63, 3.8) is 0 Å². The van der Waals surface area contributed by atoms with Gasteiger partial charge >= 0.3 is 0 Å². The Morgan fingerprint density at radius 1 is 1.03 bits per heavy atom. The first-order valence-corrected chi connectivity index (χ1v) is 14.0. The van der Waals surface area contributed by atoms with E-state index in [0.29, 0.717) is 25.7 Å². The molecule has 1 aliphatic rings. The van der Waals surface area contributed by atoms with E-state index in [-0.39, 0.29) is 12.0 Å². The van der Waals surface area contributed by atoms with Gasteiger partial charge in [0.15, 0.2) is 0 Å². The van der Waals surface area contributed by atoms with Crippen LogP contribution in [-0.2, 0) is 6.42 Å². The van der Waals surface area contributed by atoms with E-state index in [1.165, 1.54) is 5.56 Å². The zero-order chi connectivity index (χ0) is 27.5. The van der Waals surface area contributed by atoms with E-state index in [0.717, 1.165) is 80.4 Å². The minimum Gasteiger partial charge on any atom is -0.383 e. The Kier molecular flexibility index (Phi) is 11.4. The summed E-state index contributed by atoms with van der Waals surface area (Å²) in [6, 6.07) is 11.0. The van der Waals surface area contributed by atoms with E-state index < -0.39 is 0 Å². The Morgan fingerprint density at radius 3 is 2.29 bits per heavy atom. The highest BCUT2D eigenvalue weighted by molar-refractivity contribution is 5.18. The molecule has 6 N–H and O–H groups in total. The summed E-state index contributed by atoms with van der Waals surface area (Å²) in [5.74, 6) is 2.15. The molecule has 0 amide bonds. The first kappa shape index (κ1) is 29.5. The predicted molar refractivity (Wildman–Crippen MR) is 157 cm³/mol. The van der Waals surface area contributed by atoms with Gasteiger partial charge < -0.3 is 31.6 Å². The van der Waals surface area contributed by atoms with Crippen molar-refractivity contribution in [2.24, 2.45) is 17.4 Å². The van der Waals surface area contributed by atoms with Crippen LogP contribution in [0.5, 0.6) is 0 Å². The van der Waals surface area contributed by atoms with Gasteiger partial charge in [0.1, 0.15) is 11.6 Å². The van der Waals surface area contributed by atoms with Crippen molar-refractivity contribution in [3.05, 3.63) is 84.4 Å². The third-order valence-corrected chi connectivity index (χ3v) is 7.63. The highest BCUT2D eigenvalue weighted by atomic mass is 15.3. The summed E-state index contributed by atoms with van der Waals surface area (Å²) >= 11 is 0. The lowest BCUT2D eigenvalue weighted by molar-refractivity contribution is 0.210. The Morgan fingerprint density at radius 2 is 1.68 bits per heavy atom. The Labute approximate surface area is 229 Å². The normalized spacial score (nSPS) is 15.6. The van der Waals surface area contributed by atoms with Gasteiger partial charge in [-0.25, -0.2) is 0 Å². The fourth-order valence-corrected chi connectivity index (χ4v) is 5.36. The van der Waals surface area contributed by atoms with Gasteiger partial charge in [0.2, 0.25) is 0 Å². The molecule has 38 heavy (non-hydrogen) atoms. The number of aryl methyl sites for hydroxylation is 2. The maximum absolute atomic E-state index is 6.08. The van der Waals surface area contributed by atoms with Crippen molar-refractivity contribution < 1.29 is 0 Å². The van der Waals surface area contributed by atoms with Gasteiger partial charge in [0.05, 0.1) is 12.6 Å². The van der Waals surface area contributed by atoms with E-state index in [1.54, 1.807) is 0 Å². The fraction of sp³-hybridized carbons (Fsp3) is 0.533. The number of rotatable bonds is 16. The predicted octanol–water partition coefficient (Wildman–Crippen LogP) is 3.57. The number of nitrogens with two attached hydrogens (primary N) is 2. The summed E-state index contributed by atoms with van der Waals surface area (Å²) in [7, 11) is 0. The largest absolute Gasteiger partial charge is 0.383 e. The average Bonchev–Trinajstić information content (AvgIpc) is 3.27. The molecule has 1 aliphatic heterocycles. The number of hydrogen-bond donors (Lipinski definition) is 4. The highest BCUT2D eigenvalue weighted by Gasteiger charge is 2.26. The first-order chi connectivity index (χ1) is 18.3. The van der Waals surface area contributed by atoms with Crippen molar-refractivity contribution >= 4 is 0 Å². The quantitative estimate of drug-likeness (QED) is 0.251. The third-order valence-electron chi connectivity index (χ3n) is 7.63. The van der Waals surface area contributed by atoms with Gasteiger partial charge in [-0.15, -0.1) is 10.2 Å². The van der Waals surface area contributed by atoms with Crippen LogP contribution in [0.25, 0.3) is 0 Å².